The quantitative estimate of drug-likeness (QED) is 0.706. The second-order valence-corrected chi connectivity index (χ2v) is 9.78. The van der Waals surface area contributed by atoms with Crippen molar-refractivity contribution in [3.63, 3.8) is 0 Å². The van der Waals surface area contributed by atoms with Crippen molar-refractivity contribution in [2.24, 2.45) is 0 Å². The molecule has 1 aromatic rings. The molecule has 2 amide bonds. The fourth-order valence-electron chi connectivity index (χ4n) is 2.23. The first kappa shape index (κ1) is 19.3. The Balaban J connectivity index is 1.78. The predicted molar refractivity (Wildman–Crippen MR) is 97.7 cm³/mol. The summed E-state index contributed by atoms with van der Waals surface area (Å²) in [7, 11) is -3.03. The Hall–Kier alpha value is -1.06. The van der Waals surface area contributed by atoms with Gasteiger partial charge in [0.05, 0.1) is 17.3 Å². The third-order valence-electron chi connectivity index (χ3n) is 3.59. The van der Waals surface area contributed by atoms with Crippen LogP contribution in [0.2, 0.25) is 0 Å². The minimum Gasteiger partial charge on any atom is -0.344 e. The zero-order valence-corrected chi connectivity index (χ0v) is 16.4. The van der Waals surface area contributed by atoms with E-state index in [1.807, 2.05) is 24.3 Å². The molecule has 0 saturated carbocycles. The minimum absolute atomic E-state index is 0.0151. The first-order valence-corrected chi connectivity index (χ1v) is 11.0. The summed E-state index contributed by atoms with van der Waals surface area (Å²) in [5.74, 6) is -0.286. The molecule has 2 rings (SSSR count). The van der Waals surface area contributed by atoms with E-state index in [1.165, 1.54) is 16.7 Å². The number of benzene rings is 1. The molecule has 6 nitrogen and oxygen atoms in total. The van der Waals surface area contributed by atoms with Gasteiger partial charge in [0.15, 0.2) is 9.84 Å². The van der Waals surface area contributed by atoms with Crippen LogP contribution in [0.15, 0.2) is 33.6 Å². The molecule has 0 radical (unpaired) electrons. The van der Waals surface area contributed by atoms with Crippen molar-refractivity contribution in [1.29, 1.82) is 0 Å². The van der Waals surface area contributed by atoms with E-state index < -0.39 is 15.9 Å². The molecule has 0 bridgehead atoms. The van der Waals surface area contributed by atoms with Gasteiger partial charge < -0.3 is 10.2 Å². The lowest BCUT2D eigenvalue weighted by Gasteiger charge is -2.29. The third kappa shape index (κ3) is 5.78. The lowest BCUT2D eigenvalue weighted by atomic mass is 10.2. The van der Waals surface area contributed by atoms with Gasteiger partial charge in [0, 0.05) is 22.5 Å². The van der Waals surface area contributed by atoms with Crippen LogP contribution >= 0.6 is 27.7 Å². The standard InChI is InChI=1S/C15H19BrN2O4S2/c1-11(15(20)18-6-8-24(21,22)9-7-18)17-14(19)10-23-13-4-2-12(16)3-5-13/h2-5,11H,6-10H2,1H3,(H,17,19). The first-order chi connectivity index (χ1) is 11.3. The van der Waals surface area contributed by atoms with Crippen molar-refractivity contribution in [3.8, 4) is 0 Å². The van der Waals surface area contributed by atoms with Gasteiger partial charge in [-0.15, -0.1) is 11.8 Å². The molecule has 24 heavy (non-hydrogen) atoms. The molecular formula is C15H19BrN2O4S2. The number of nitrogens with one attached hydrogen (secondary N) is 1. The van der Waals surface area contributed by atoms with Crippen molar-refractivity contribution < 1.29 is 18.0 Å². The van der Waals surface area contributed by atoms with Crippen LogP contribution in [0.1, 0.15) is 6.92 Å². The van der Waals surface area contributed by atoms with Gasteiger partial charge in [0.25, 0.3) is 0 Å². The van der Waals surface area contributed by atoms with Gasteiger partial charge in [0.2, 0.25) is 11.8 Å². The SMILES string of the molecule is CC(NC(=O)CSc1ccc(Br)cc1)C(=O)N1CCS(=O)(=O)CC1. The Morgan fingerprint density at radius 1 is 1.25 bits per heavy atom. The lowest BCUT2D eigenvalue weighted by Crippen LogP contribution is -2.52. The van der Waals surface area contributed by atoms with Crippen LogP contribution in [-0.4, -0.2) is 61.5 Å². The summed E-state index contributed by atoms with van der Waals surface area (Å²) < 4.78 is 23.8. The van der Waals surface area contributed by atoms with E-state index in [9.17, 15) is 18.0 Å². The topological polar surface area (TPSA) is 83.6 Å². The molecule has 1 aliphatic heterocycles. The fraction of sp³-hybridized carbons (Fsp3) is 0.467. The van der Waals surface area contributed by atoms with E-state index in [2.05, 4.69) is 21.2 Å². The van der Waals surface area contributed by atoms with Crippen molar-refractivity contribution in [1.82, 2.24) is 10.2 Å². The zero-order chi connectivity index (χ0) is 17.7. The van der Waals surface area contributed by atoms with Crippen molar-refractivity contribution in [2.75, 3.05) is 30.3 Å². The van der Waals surface area contributed by atoms with Crippen molar-refractivity contribution in [3.05, 3.63) is 28.7 Å². The number of thioether (sulfide) groups is 1. The van der Waals surface area contributed by atoms with E-state index in [-0.39, 0.29) is 42.2 Å². The van der Waals surface area contributed by atoms with Crippen LogP contribution in [0.25, 0.3) is 0 Å². The second-order valence-electron chi connectivity index (χ2n) is 5.51. The van der Waals surface area contributed by atoms with Gasteiger partial charge in [-0.05, 0) is 31.2 Å². The number of carbonyl (C=O) groups excluding carboxylic acids is 2. The van der Waals surface area contributed by atoms with Gasteiger partial charge >= 0.3 is 0 Å². The lowest BCUT2D eigenvalue weighted by molar-refractivity contribution is -0.135. The molecule has 9 heteroatoms. The maximum absolute atomic E-state index is 12.3. The smallest absolute Gasteiger partial charge is 0.244 e. The Morgan fingerprint density at radius 2 is 1.83 bits per heavy atom. The van der Waals surface area contributed by atoms with Gasteiger partial charge in [-0.1, -0.05) is 15.9 Å². The van der Waals surface area contributed by atoms with Gasteiger partial charge in [0.1, 0.15) is 6.04 Å². The number of carbonyl (C=O) groups is 2. The second kappa shape index (κ2) is 8.35. The molecule has 0 aromatic heterocycles. The van der Waals surface area contributed by atoms with Crippen LogP contribution in [0, 0.1) is 0 Å². The molecule has 132 valence electrons. The molecule has 1 atom stereocenters. The molecule has 1 saturated heterocycles. The Kier molecular flexibility index (Phi) is 6.70. The van der Waals surface area contributed by atoms with Crippen LogP contribution < -0.4 is 5.32 Å². The molecule has 1 aliphatic rings. The highest BCUT2D eigenvalue weighted by atomic mass is 79.9. The summed E-state index contributed by atoms with van der Waals surface area (Å²) in [4.78, 5) is 26.7. The molecule has 1 unspecified atom stereocenters. The number of rotatable bonds is 5. The molecule has 1 N–H and O–H groups in total. The summed E-state index contributed by atoms with van der Waals surface area (Å²) >= 11 is 4.74. The Labute approximate surface area is 154 Å². The average Bonchev–Trinajstić information content (AvgIpc) is 2.53. The Bertz CT molecular complexity index is 693. The minimum atomic E-state index is -3.03. The summed E-state index contributed by atoms with van der Waals surface area (Å²) in [5.41, 5.74) is 0. The summed E-state index contributed by atoms with van der Waals surface area (Å²) in [6.45, 7) is 2.00. The van der Waals surface area contributed by atoms with E-state index in [0.717, 1.165) is 9.37 Å². The number of nitrogens with zero attached hydrogens (tertiary/aromatic N) is 1. The normalized spacial score (nSPS) is 18.0. The maximum Gasteiger partial charge on any atom is 0.244 e. The molecule has 0 spiro atoms. The van der Waals surface area contributed by atoms with Crippen LogP contribution in [-0.2, 0) is 19.4 Å². The van der Waals surface area contributed by atoms with Crippen LogP contribution in [0.3, 0.4) is 0 Å². The van der Waals surface area contributed by atoms with E-state index in [0.29, 0.717) is 0 Å². The largest absolute Gasteiger partial charge is 0.344 e. The third-order valence-corrected chi connectivity index (χ3v) is 6.74. The van der Waals surface area contributed by atoms with E-state index in [4.69, 9.17) is 0 Å². The average molecular weight is 435 g/mol. The van der Waals surface area contributed by atoms with Crippen LogP contribution in [0.4, 0.5) is 0 Å². The number of hydrogen-bond donors (Lipinski definition) is 1. The summed E-state index contributed by atoms with van der Waals surface area (Å²) in [6, 6.07) is 6.95. The highest BCUT2D eigenvalue weighted by Crippen LogP contribution is 2.20. The first-order valence-electron chi connectivity index (χ1n) is 7.44. The van der Waals surface area contributed by atoms with Crippen molar-refractivity contribution >= 4 is 49.3 Å². The van der Waals surface area contributed by atoms with E-state index in [1.54, 1.807) is 6.92 Å². The number of halogens is 1. The fourth-order valence-corrected chi connectivity index (χ4v) is 4.41. The highest BCUT2D eigenvalue weighted by Gasteiger charge is 2.28. The van der Waals surface area contributed by atoms with Gasteiger partial charge in [-0.2, -0.15) is 0 Å². The Morgan fingerprint density at radius 3 is 2.42 bits per heavy atom. The van der Waals surface area contributed by atoms with Gasteiger partial charge in [-0.3, -0.25) is 9.59 Å². The monoisotopic (exact) mass is 434 g/mol. The van der Waals surface area contributed by atoms with Crippen LogP contribution in [0.5, 0.6) is 0 Å². The number of amides is 2. The number of sulfone groups is 1. The molecule has 1 aromatic carbocycles. The molecular weight excluding hydrogens is 416 g/mol. The predicted octanol–water partition coefficient (Wildman–Crippen LogP) is 1.30. The number of hydrogen-bond acceptors (Lipinski definition) is 5. The highest BCUT2D eigenvalue weighted by molar-refractivity contribution is 9.10. The molecule has 1 heterocycles. The molecule has 0 aliphatic carbocycles. The summed E-state index contributed by atoms with van der Waals surface area (Å²) in [6.07, 6.45) is 0. The molecule has 1 fully saturated rings. The zero-order valence-electron chi connectivity index (χ0n) is 13.2. The van der Waals surface area contributed by atoms with E-state index >= 15 is 0 Å². The maximum atomic E-state index is 12.3. The summed E-state index contributed by atoms with van der Waals surface area (Å²) in [5, 5.41) is 2.67. The van der Waals surface area contributed by atoms with Gasteiger partial charge in [-0.25, -0.2) is 8.42 Å². The van der Waals surface area contributed by atoms with Crippen molar-refractivity contribution in [2.45, 2.75) is 17.9 Å².